The fourth-order valence-electron chi connectivity index (χ4n) is 1.56. The van der Waals surface area contributed by atoms with Crippen LogP contribution in [-0.4, -0.2) is 12.1 Å². The van der Waals surface area contributed by atoms with Crippen molar-refractivity contribution in [3.05, 3.63) is 52.5 Å². The summed E-state index contributed by atoms with van der Waals surface area (Å²) in [7, 11) is 0. The zero-order valence-electron chi connectivity index (χ0n) is 10.3. The van der Waals surface area contributed by atoms with E-state index < -0.39 is 0 Å². The highest BCUT2D eigenvalue weighted by Crippen LogP contribution is 2.28. The Morgan fingerprint density at radius 2 is 1.79 bits per heavy atom. The maximum Gasteiger partial charge on any atom is 0.128 e. The molecule has 98 valence electrons. The maximum absolute atomic E-state index is 7.42. The summed E-state index contributed by atoms with van der Waals surface area (Å²) in [4.78, 5) is 1.19. The summed E-state index contributed by atoms with van der Waals surface area (Å²) in [6.45, 7) is 0. The quantitative estimate of drug-likeness (QED) is 0.498. The van der Waals surface area contributed by atoms with Gasteiger partial charge in [0.1, 0.15) is 17.3 Å². The van der Waals surface area contributed by atoms with E-state index in [1.165, 1.54) is 4.90 Å². The number of halogens is 1. The Kier molecular flexibility index (Phi) is 4.50. The molecule has 0 amide bonds. The van der Waals surface area contributed by atoms with Crippen LogP contribution in [0.3, 0.4) is 0 Å². The second kappa shape index (κ2) is 6.12. The van der Waals surface area contributed by atoms with Gasteiger partial charge in [0.05, 0.1) is 0 Å². The molecular formula is C14H13BrN2OS. The molecule has 0 atom stereocenters. The van der Waals surface area contributed by atoms with E-state index in [-0.39, 0.29) is 5.84 Å². The van der Waals surface area contributed by atoms with Crippen molar-refractivity contribution in [2.24, 2.45) is 5.73 Å². The molecule has 0 unspecified atom stereocenters. The van der Waals surface area contributed by atoms with Crippen LogP contribution in [0.1, 0.15) is 5.56 Å². The summed E-state index contributed by atoms with van der Waals surface area (Å²) in [5.74, 6) is 1.51. The Balaban J connectivity index is 2.18. The van der Waals surface area contributed by atoms with E-state index in [0.29, 0.717) is 11.3 Å². The van der Waals surface area contributed by atoms with Crippen LogP contribution in [0, 0.1) is 5.41 Å². The van der Waals surface area contributed by atoms with Gasteiger partial charge in [-0.2, -0.15) is 0 Å². The van der Waals surface area contributed by atoms with Gasteiger partial charge in [0.2, 0.25) is 0 Å². The van der Waals surface area contributed by atoms with E-state index in [0.717, 1.165) is 10.2 Å². The number of amidine groups is 1. The zero-order chi connectivity index (χ0) is 13.8. The van der Waals surface area contributed by atoms with Gasteiger partial charge in [-0.05, 0) is 64.7 Å². The number of nitrogens with one attached hydrogen (secondary N) is 1. The van der Waals surface area contributed by atoms with Gasteiger partial charge in [0, 0.05) is 14.9 Å². The van der Waals surface area contributed by atoms with E-state index in [9.17, 15) is 0 Å². The number of nitrogens with two attached hydrogens (primary N) is 1. The summed E-state index contributed by atoms with van der Waals surface area (Å²) in [5.41, 5.74) is 6.12. The molecule has 0 saturated heterocycles. The molecule has 3 N–H and O–H groups in total. The van der Waals surface area contributed by atoms with Crippen LogP contribution >= 0.6 is 27.7 Å². The molecule has 0 heterocycles. The molecule has 0 aliphatic rings. The van der Waals surface area contributed by atoms with Gasteiger partial charge in [-0.15, -0.1) is 11.8 Å². The molecule has 19 heavy (non-hydrogen) atoms. The van der Waals surface area contributed by atoms with Gasteiger partial charge in [0.25, 0.3) is 0 Å². The van der Waals surface area contributed by atoms with Crippen molar-refractivity contribution in [2.45, 2.75) is 4.90 Å². The maximum atomic E-state index is 7.42. The molecule has 2 aromatic carbocycles. The third kappa shape index (κ3) is 3.52. The number of benzene rings is 2. The van der Waals surface area contributed by atoms with Crippen LogP contribution in [0.5, 0.6) is 11.5 Å². The fraction of sp³-hybridized carbons (Fsp3) is 0.0714. The van der Waals surface area contributed by atoms with Crippen LogP contribution in [0.4, 0.5) is 0 Å². The zero-order valence-corrected chi connectivity index (χ0v) is 12.7. The number of nitrogen functional groups attached to an aromatic ring is 1. The van der Waals surface area contributed by atoms with Gasteiger partial charge in [-0.3, -0.25) is 5.41 Å². The van der Waals surface area contributed by atoms with E-state index in [1.807, 2.05) is 30.5 Å². The molecule has 0 fully saturated rings. The third-order valence-electron chi connectivity index (χ3n) is 2.53. The predicted molar refractivity (Wildman–Crippen MR) is 83.5 cm³/mol. The first kappa shape index (κ1) is 14.0. The Morgan fingerprint density at radius 3 is 2.32 bits per heavy atom. The fourth-order valence-corrected chi connectivity index (χ4v) is 2.54. The minimum Gasteiger partial charge on any atom is -0.457 e. The van der Waals surface area contributed by atoms with Crippen LogP contribution in [0.15, 0.2) is 51.8 Å². The molecule has 0 aliphatic heterocycles. The van der Waals surface area contributed by atoms with Crippen LogP contribution in [-0.2, 0) is 0 Å². The minimum atomic E-state index is 0.0303. The van der Waals surface area contributed by atoms with Gasteiger partial charge in [-0.25, -0.2) is 0 Å². The van der Waals surface area contributed by atoms with Crippen molar-refractivity contribution in [2.75, 3.05) is 6.26 Å². The van der Waals surface area contributed by atoms with Crippen molar-refractivity contribution in [3.8, 4) is 11.5 Å². The Hall–Kier alpha value is -1.46. The molecule has 3 nitrogen and oxygen atoms in total. The van der Waals surface area contributed by atoms with Crippen molar-refractivity contribution in [3.63, 3.8) is 0 Å². The first-order valence-electron chi connectivity index (χ1n) is 5.56. The summed E-state index contributed by atoms with van der Waals surface area (Å²) >= 11 is 5.07. The monoisotopic (exact) mass is 336 g/mol. The second-order valence-corrected chi connectivity index (χ2v) is 5.57. The molecule has 0 bridgehead atoms. The lowest BCUT2D eigenvalue weighted by molar-refractivity contribution is 0.482. The number of rotatable bonds is 4. The summed E-state index contributed by atoms with van der Waals surface area (Å²) in [5, 5.41) is 7.42. The Morgan fingerprint density at radius 1 is 1.16 bits per heavy atom. The molecule has 2 aromatic rings. The van der Waals surface area contributed by atoms with Crippen molar-refractivity contribution in [1.82, 2.24) is 0 Å². The van der Waals surface area contributed by atoms with Gasteiger partial charge in [0.15, 0.2) is 0 Å². The minimum absolute atomic E-state index is 0.0303. The average molecular weight is 337 g/mol. The normalized spacial score (nSPS) is 10.2. The first-order valence-corrected chi connectivity index (χ1v) is 7.58. The lowest BCUT2D eigenvalue weighted by atomic mass is 10.2. The number of hydrogen-bond acceptors (Lipinski definition) is 3. The average Bonchev–Trinajstić information content (AvgIpc) is 2.39. The lowest BCUT2D eigenvalue weighted by Crippen LogP contribution is -2.11. The summed E-state index contributed by atoms with van der Waals surface area (Å²) in [6.07, 6.45) is 2.04. The highest BCUT2D eigenvalue weighted by atomic mass is 79.9. The van der Waals surface area contributed by atoms with Gasteiger partial charge < -0.3 is 10.5 Å². The molecule has 0 saturated carbocycles. The lowest BCUT2D eigenvalue weighted by Gasteiger charge is -2.08. The Bertz CT molecular complexity index is 599. The van der Waals surface area contributed by atoms with Crippen LogP contribution in [0.25, 0.3) is 0 Å². The van der Waals surface area contributed by atoms with Crippen LogP contribution in [0.2, 0.25) is 0 Å². The third-order valence-corrected chi connectivity index (χ3v) is 3.93. The topological polar surface area (TPSA) is 59.1 Å². The summed E-state index contributed by atoms with van der Waals surface area (Å²) in [6, 6.07) is 13.2. The SMILES string of the molecule is CSc1ccc(Oc2ccc(C(=N)N)c(Br)c2)cc1. The highest BCUT2D eigenvalue weighted by Gasteiger charge is 2.05. The second-order valence-electron chi connectivity index (χ2n) is 3.83. The van der Waals surface area contributed by atoms with Gasteiger partial charge >= 0.3 is 0 Å². The number of hydrogen-bond donors (Lipinski definition) is 2. The predicted octanol–water partition coefficient (Wildman–Crippen LogP) is 4.25. The summed E-state index contributed by atoms with van der Waals surface area (Å²) < 4.78 is 6.49. The van der Waals surface area contributed by atoms with Crippen molar-refractivity contribution in [1.29, 1.82) is 5.41 Å². The van der Waals surface area contributed by atoms with E-state index in [2.05, 4.69) is 15.9 Å². The van der Waals surface area contributed by atoms with Gasteiger partial charge in [-0.1, -0.05) is 0 Å². The molecule has 0 aromatic heterocycles. The molecule has 2 rings (SSSR count). The largest absolute Gasteiger partial charge is 0.457 e. The number of thioether (sulfide) groups is 1. The van der Waals surface area contributed by atoms with Crippen molar-refractivity contribution >= 4 is 33.5 Å². The molecule has 0 aliphatic carbocycles. The Labute approximate surface area is 124 Å². The highest BCUT2D eigenvalue weighted by molar-refractivity contribution is 9.10. The molecule has 5 heteroatoms. The van der Waals surface area contributed by atoms with Crippen LogP contribution < -0.4 is 10.5 Å². The van der Waals surface area contributed by atoms with E-state index in [1.54, 1.807) is 30.0 Å². The molecular weight excluding hydrogens is 324 g/mol. The molecule has 0 spiro atoms. The number of ether oxygens (including phenoxy) is 1. The standard InChI is InChI=1S/C14H13BrN2OS/c1-19-11-5-2-9(3-6-11)18-10-4-7-12(14(16)17)13(15)8-10/h2-8H,1H3,(H3,16,17). The van der Waals surface area contributed by atoms with E-state index >= 15 is 0 Å². The van der Waals surface area contributed by atoms with E-state index in [4.69, 9.17) is 15.9 Å². The molecule has 0 radical (unpaired) electrons. The van der Waals surface area contributed by atoms with Crippen molar-refractivity contribution < 1.29 is 4.74 Å². The smallest absolute Gasteiger partial charge is 0.128 e. The first-order chi connectivity index (χ1) is 9.10.